The van der Waals surface area contributed by atoms with Gasteiger partial charge in [-0.15, -0.1) is 0 Å². The molecule has 8 heteroatoms. The molecule has 2 unspecified atom stereocenters. The summed E-state index contributed by atoms with van der Waals surface area (Å²) in [4.78, 5) is 7.35. The van der Waals surface area contributed by atoms with Crippen molar-refractivity contribution < 1.29 is 4.74 Å². The second-order valence-electron chi connectivity index (χ2n) is 7.00. The number of fused-ring (bicyclic) bond motifs is 2. The van der Waals surface area contributed by atoms with Crippen molar-refractivity contribution in [2.45, 2.75) is 24.8 Å². The van der Waals surface area contributed by atoms with Gasteiger partial charge in [0, 0.05) is 48.9 Å². The van der Waals surface area contributed by atoms with E-state index in [4.69, 9.17) is 15.5 Å². The second-order valence-corrected chi connectivity index (χ2v) is 7.00. The van der Waals surface area contributed by atoms with Crippen LogP contribution in [0.2, 0.25) is 0 Å². The molecule has 2 atom stereocenters. The lowest BCUT2D eigenvalue weighted by atomic mass is 9.91. The average molecular weight is 339 g/mol. The van der Waals surface area contributed by atoms with Crippen LogP contribution in [0.25, 0.3) is 16.8 Å². The molecule has 0 saturated carbocycles. The van der Waals surface area contributed by atoms with Gasteiger partial charge in [-0.3, -0.25) is 9.58 Å². The maximum absolute atomic E-state index is 6.27. The predicted molar refractivity (Wildman–Crippen MR) is 92.9 cm³/mol. The number of anilines is 1. The van der Waals surface area contributed by atoms with E-state index in [2.05, 4.69) is 15.1 Å². The number of nitrogens with two attached hydrogens (primary N) is 1. The summed E-state index contributed by atoms with van der Waals surface area (Å²) < 4.78 is 9.08. The van der Waals surface area contributed by atoms with Gasteiger partial charge in [0.25, 0.3) is 0 Å². The summed E-state index contributed by atoms with van der Waals surface area (Å²) in [6.45, 7) is 2.56. The number of hydrogen-bond acceptors (Lipinski definition) is 6. The first-order valence-electron chi connectivity index (χ1n) is 8.64. The van der Waals surface area contributed by atoms with E-state index in [9.17, 15) is 0 Å². The molecule has 0 aromatic carbocycles. The summed E-state index contributed by atoms with van der Waals surface area (Å²) in [6, 6.07) is 2.54. The maximum atomic E-state index is 6.27. The van der Waals surface area contributed by atoms with Crippen molar-refractivity contribution in [2.24, 2.45) is 7.05 Å². The van der Waals surface area contributed by atoms with Gasteiger partial charge in [0.05, 0.1) is 31.4 Å². The van der Waals surface area contributed by atoms with Crippen LogP contribution in [-0.2, 0) is 11.8 Å². The first-order chi connectivity index (χ1) is 12.2. The summed E-state index contributed by atoms with van der Waals surface area (Å²) in [5.74, 6) is 0.997. The Labute approximate surface area is 145 Å². The average Bonchev–Trinajstić information content (AvgIpc) is 3.32. The van der Waals surface area contributed by atoms with Gasteiger partial charge in [-0.25, -0.2) is 4.98 Å². The molecule has 3 aromatic rings. The Morgan fingerprint density at radius 1 is 1.24 bits per heavy atom. The van der Waals surface area contributed by atoms with Crippen molar-refractivity contribution in [1.29, 1.82) is 0 Å². The first kappa shape index (κ1) is 14.9. The standard InChI is InChI=1S/C17H21N7O/c1-22-7-12(5-19-22)14-6-20-24-16(18)4-15(21-17(14)24)11-2-3-13-9-25-10-23(13)8-11/h4-7,11,13H,2-3,8-10,18H2,1H3. The number of rotatable bonds is 2. The molecule has 0 spiro atoms. The number of aromatic nitrogens is 5. The highest BCUT2D eigenvalue weighted by atomic mass is 16.5. The summed E-state index contributed by atoms with van der Waals surface area (Å²) >= 11 is 0. The minimum atomic E-state index is 0.377. The van der Waals surface area contributed by atoms with Gasteiger partial charge in [-0.1, -0.05) is 0 Å². The molecular weight excluding hydrogens is 318 g/mol. The van der Waals surface area contributed by atoms with E-state index < -0.39 is 0 Å². The quantitative estimate of drug-likeness (QED) is 0.756. The molecule has 2 saturated heterocycles. The summed E-state index contributed by atoms with van der Waals surface area (Å²) in [5.41, 5.74) is 10.1. The van der Waals surface area contributed by atoms with E-state index in [0.717, 1.165) is 55.2 Å². The van der Waals surface area contributed by atoms with Crippen LogP contribution >= 0.6 is 0 Å². The molecule has 0 aliphatic carbocycles. The highest BCUT2D eigenvalue weighted by Gasteiger charge is 2.33. The van der Waals surface area contributed by atoms with Crippen LogP contribution in [-0.4, -0.2) is 55.2 Å². The van der Waals surface area contributed by atoms with E-state index in [1.165, 1.54) is 0 Å². The third kappa shape index (κ3) is 2.40. The molecule has 5 heterocycles. The van der Waals surface area contributed by atoms with E-state index in [0.29, 0.717) is 17.8 Å². The minimum Gasteiger partial charge on any atom is -0.384 e. The van der Waals surface area contributed by atoms with Crippen LogP contribution in [0.4, 0.5) is 5.82 Å². The maximum Gasteiger partial charge on any atom is 0.165 e. The fourth-order valence-corrected chi connectivity index (χ4v) is 3.97. The molecular formula is C17H21N7O. The first-order valence-corrected chi connectivity index (χ1v) is 8.64. The van der Waals surface area contributed by atoms with Crippen molar-refractivity contribution >= 4 is 11.5 Å². The SMILES string of the molecule is Cn1cc(-c2cnn3c(N)cc(C4CCC5COCN5C4)nc23)cn1. The van der Waals surface area contributed by atoms with Gasteiger partial charge >= 0.3 is 0 Å². The van der Waals surface area contributed by atoms with Crippen LogP contribution in [0.3, 0.4) is 0 Å². The molecule has 25 heavy (non-hydrogen) atoms. The molecule has 5 rings (SSSR count). The van der Waals surface area contributed by atoms with Crippen LogP contribution in [0, 0.1) is 0 Å². The van der Waals surface area contributed by atoms with Crippen LogP contribution in [0.1, 0.15) is 24.5 Å². The third-order valence-corrected chi connectivity index (χ3v) is 5.34. The van der Waals surface area contributed by atoms with Gasteiger partial charge in [-0.05, 0) is 12.8 Å². The Bertz CT molecular complexity index is 930. The Balaban J connectivity index is 1.55. The van der Waals surface area contributed by atoms with Gasteiger partial charge < -0.3 is 10.5 Å². The highest BCUT2D eigenvalue weighted by Crippen LogP contribution is 2.33. The zero-order valence-electron chi connectivity index (χ0n) is 14.2. The van der Waals surface area contributed by atoms with Gasteiger partial charge in [0.2, 0.25) is 0 Å². The normalized spacial score (nSPS) is 24.0. The fraction of sp³-hybridized carbons (Fsp3) is 0.471. The lowest BCUT2D eigenvalue weighted by Crippen LogP contribution is -2.39. The van der Waals surface area contributed by atoms with Crippen molar-refractivity contribution in [3.8, 4) is 11.1 Å². The van der Waals surface area contributed by atoms with Gasteiger partial charge in [0.15, 0.2) is 5.65 Å². The smallest absolute Gasteiger partial charge is 0.165 e. The Morgan fingerprint density at radius 3 is 3.00 bits per heavy atom. The highest BCUT2D eigenvalue weighted by molar-refractivity contribution is 5.77. The van der Waals surface area contributed by atoms with Gasteiger partial charge in [0.1, 0.15) is 5.82 Å². The predicted octanol–water partition coefficient (Wildman–Crippen LogP) is 1.25. The lowest BCUT2D eigenvalue weighted by molar-refractivity contribution is 0.122. The molecule has 8 nitrogen and oxygen atoms in total. The van der Waals surface area contributed by atoms with E-state index in [-0.39, 0.29) is 0 Å². The third-order valence-electron chi connectivity index (χ3n) is 5.34. The van der Waals surface area contributed by atoms with Crippen molar-refractivity contribution in [3.63, 3.8) is 0 Å². The van der Waals surface area contributed by atoms with E-state index in [1.54, 1.807) is 9.20 Å². The molecule has 0 radical (unpaired) electrons. The largest absolute Gasteiger partial charge is 0.384 e. The number of hydrogen-bond donors (Lipinski definition) is 1. The molecule has 0 amide bonds. The van der Waals surface area contributed by atoms with Crippen molar-refractivity contribution in [1.82, 2.24) is 29.3 Å². The number of piperidine rings is 1. The Kier molecular flexibility index (Phi) is 3.29. The fourth-order valence-electron chi connectivity index (χ4n) is 3.97. The molecule has 3 aromatic heterocycles. The number of aryl methyl sites for hydroxylation is 1. The summed E-state index contributed by atoms with van der Waals surface area (Å²) in [7, 11) is 1.90. The lowest BCUT2D eigenvalue weighted by Gasteiger charge is -2.33. The van der Waals surface area contributed by atoms with Crippen LogP contribution < -0.4 is 5.73 Å². The van der Waals surface area contributed by atoms with Crippen molar-refractivity contribution in [3.05, 3.63) is 30.4 Å². The Hall–Kier alpha value is -2.45. The number of nitrogen functional groups attached to an aromatic ring is 1. The second kappa shape index (κ2) is 5.53. The number of ether oxygens (including phenoxy) is 1. The van der Waals surface area contributed by atoms with Crippen LogP contribution in [0.5, 0.6) is 0 Å². The molecule has 2 aliphatic rings. The summed E-state index contributed by atoms with van der Waals surface area (Å²) in [5, 5.41) is 8.66. The van der Waals surface area contributed by atoms with E-state index in [1.807, 2.05) is 31.7 Å². The molecule has 130 valence electrons. The number of nitrogens with zero attached hydrogens (tertiary/aromatic N) is 6. The van der Waals surface area contributed by atoms with Gasteiger partial charge in [-0.2, -0.15) is 14.7 Å². The topological polar surface area (TPSA) is 86.5 Å². The zero-order chi connectivity index (χ0) is 17.0. The van der Waals surface area contributed by atoms with Crippen LogP contribution in [0.15, 0.2) is 24.7 Å². The molecule has 2 aliphatic heterocycles. The molecule has 2 N–H and O–H groups in total. The molecule has 2 fully saturated rings. The molecule has 0 bridgehead atoms. The van der Waals surface area contributed by atoms with Crippen molar-refractivity contribution in [2.75, 3.05) is 25.6 Å². The Morgan fingerprint density at radius 2 is 2.16 bits per heavy atom. The minimum absolute atomic E-state index is 0.377. The monoisotopic (exact) mass is 339 g/mol. The van der Waals surface area contributed by atoms with E-state index >= 15 is 0 Å². The summed E-state index contributed by atoms with van der Waals surface area (Å²) in [6.07, 6.45) is 7.86. The zero-order valence-corrected chi connectivity index (χ0v) is 14.2.